The van der Waals surface area contributed by atoms with Crippen LogP contribution in [-0.2, 0) is 6.54 Å². The Morgan fingerprint density at radius 3 is 2.81 bits per heavy atom. The summed E-state index contributed by atoms with van der Waals surface area (Å²) in [6.07, 6.45) is 5.16. The summed E-state index contributed by atoms with van der Waals surface area (Å²) < 4.78 is 2.06. The molecule has 1 aromatic heterocycles. The first-order valence-corrected chi connectivity index (χ1v) is 5.83. The minimum atomic E-state index is -0.607. The van der Waals surface area contributed by atoms with Gasteiger partial charge < -0.3 is 5.11 Å². The quantitative estimate of drug-likeness (QED) is 0.681. The monoisotopic (exact) mass is 283 g/mol. The summed E-state index contributed by atoms with van der Waals surface area (Å²) >= 11 is 3.29. The molecule has 1 rings (SSSR count). The van der Waals surface area contributed by atoms with Crippen molar-refractivity contribution in [2.24, 2.45) is 0 Å². The molecule has 0 radical (unpaired) electrons. The predicted molar refractivity (Wildman–Crippen MR) is 67.2 cm³/mol. The fourth-order valence-electron chi connectivity index (χ4n) is 1.54. The molecule has 0 spiro atoms. The molecular weight excluding hydrogens is 270 g/mol. The number of hydrogen-bond acceptors (Lipinski definition) is 2. The Bertz CT molecular complexity index is 485. The smallest absolute Gasteiger partial charge is 0.255 e. The van der Waals surface area contributed by atoms with E-state index in [-0.39, 0.29) is 12.1 Å². The maximum Gasteiger partial charge on any atom is 0.255 e. The highest BCUT2D eigenvalue weighted by molar-refractivity contribution is 9.10. The first-order chi connectivity index (χ1) is 7.52. The van der Waals surface area contributed by atoms with E-state index in [0.29, 0.717) is 22.2 Å². The van der Waals surface area contributed by atoms with Crippen LogP contribution in [0.4, 0.5) is 0 Å². The summed E-state index contributed by atoms with van der Waals surface area (Å²) in [5, 5.41) is 9.77. The van der Waals surface area contributed by atoms with Crippen LogP contribution in [0, 0.1) is 19.3 Å². The van der Waals surface area contributed by atoms with Crippen molar-refractivity contribution in [1.29, 1.82) is 0 Å². The lowest BCUT2D eigenvalue weighted by Gasteiger charge is -2.14. The Morgan fingerprint density at radius 1 is 1.69 bits per heavy atom. The SMILES string of the molecule is C#CCn1c(Br)cc(C(O)CC)c(C)c1=O. The molecule has 4 heteroatoms. The van der Waals surface area contributed by atoms with Gasteiger partial charge in [0.05, 0.1) is 17.3 Å². The highest BCUT2D eigenvalue weighted by atomic mass is 79.9. The molecule has 0 bridgehead atoms. The van der Waals surface area contributed by atoms with Gasteiger partial charge in [0.2, 0.25) is 0 Å². The van der Waals surface area contributed by atoms with Crippen molar-refractivity contribution < 1.29 is 5.11 Å². The van der Waals surface area contributed by atoms with E-state index in [0.717, 1.165) is 0 Å². The molecule has 1 N–H and O–H groups in total. The van der Waals surface area contributed by atoms with Crippen molar-refractivity contribution in [2.45, 2.75) is 32.9 Å². The summed E-state index contributed by atoms with van der Waals surface area (Å²) in [7, 11) is 0. The Kier molecular flexibility index (Phi) is 4.34. The van der Waals surface area contributed by atoms with Gasteiger partial charge in [-0.15, -0.1) is 6.42 Å². The third kappa shape index (κ3) is 2.37. The van der Waals surface area contributed by atoms with Gasteiger partial charge in [0.15, 0.2) is 0 Å². The van der Waals surface area contributed by atoms with Crippen LogP contribution in [0.2, 0.25) is 0 Å². The fraction of sp³-hybridized carbons (Fsp3) is 0.417. The number of aliphatic hydroxyl groups excluding tert-OH is 1. The molecule has 0 saturated heterocycles. The first kappa shape index (κ1) is 13.0. The molecule has 0 fully saturated rings. The van der Waals surface area contributed by atoms with Crippen LogP contribution < -0.4 is 5.56 Å². The lowest BCUT2D eigenvalue weighted by Crippen LogP contribution is -2.25. The zero-order valence-corrected chi connectivity index (χ0v) is 10.9. The van der Waals surface area contributed by atoms with Crippen LogP contribution in [0.25, 0.3) is 0 Å². The number of halogens is 1. The minimum absolute atomic E-state index is 0.158. The van der Waals surface area contributed by atoms with Gasteiger partial charge in [0, 0.05) is 5.56 Å². The van der Waals surface area contributed by atoms with Crippen molar-refractivity contribution in [2.75, 3.05) is 0 Å². The third-order valence-electron chi connectivity index (χ3n) is 2.53. The summed E-state index contributed by atoms with van der Waals surface area (Å²) in [5.74, 6) is 2.43. The maximum absolute atomic E-state index is 11.9. The number of aromatic nitrogens is 1. The molecule has 1 unspecified atom stereocenters. The second kappa shape index (κ2) is 5.33. The van der Waals surface area contributed by atoms with Gasteiger partial charge in [-0.3, -0.25) is 9.36 Å². The molecule has 0 aliphatic carbocycles. The normalized spacial score (nSPS) is 12.2. The third-order valence-corrected chi connectivity index (χ3v) is 3.18. The number of terminal acetylenes is 1. The molecule has 1 heterocycles. The second-order valence-electron chi connectivity index (χ2n) is 3.57. The Balaban J connectivity index is 3.40. The number of hydrogen-bond donors (Lipinski definition) is 1. The Labute approximate surface area is 103 Å². The number of pyridine rings is 1. The average molecular weight is 284 g/mol. The van der Waals surface area contributed by atoms with Gasteiger partial charge in [-0.05, 0) is 40.9 Å². The molecule has 0 saturated carbocycles. The van der Waals surface area contributed by atoms with Crippen molar-refractivity contribution in [1.82, 2.24) is 4.57 Å². The number of rotatable bonds is 3. The van der Waals surface area contributed by atoms with Gasteiger partial charge in [-0.1, -0.05) is 12.8 Å². The standard InChI is InChI=1S/C12H14BrNO2/c1-4-6-14-11(13)7-9(10(15)5-2)8(3)12(14)16/h1,7,10,15H,5-6H2,2-3H3. The van der Waals surface area contributed by atoms with Crippen LogP contribution >= 0.6 is 15.9 Å². The molecule has 0 aliphatic heterocycles. The minimum Gasteiger partial charge on any atom is -0.388 e. The molecular formula is C12H14BrNO2. The van der Waals surface area contributed by atoms with Crippen LogP contribution in [0.3, 0.4) is 0 Å². The van der Waals surface area contributed by atoms with E-state index < -0.39 is 6.10 Å². The summed E-state index contributed by atoms with van der Waals surface area (Å²) in [4.78, 5) is 11.9. The van der Waals surface area contributed by atoms with Crippen LogP contribution in [0.15, 0.2) is 15.5 Å². The van der Waals surface area contributed by atoms with E-state index in [1.165, 1.54) is 4.57 Å². The van der Waals surface area contributed by atoms with Crippen LogP contribution in [-0.4, -0.2) is 9.67 Å². The summed E-state index contributed by atoms with van der Waals surface area (Å²) in [6, 6.07) is 1.75. The molecule has 16 heavy (non-hydrogen) atoms. The van der Waals surface area contributed by atoms with Gasteiger partial charge in [-0.25, -0.2) is 0 Å². The van der Waals surface area contributed by atoms with E-state index in [2.05, 4.69) is 21.9 Å². The molecule has 0 aliphatic rings. The topological polar surface area (TPSA) is 42.2 Å². The molecule has 86 valence electrons. The average Bonchev–Trinajstić information content (AvgIpc) is 2.28. The van der Waals surface area contributed by atoms with E-state index >= 15 is 0 Å². The van der Waals surface area contributed by atoms with E-state index in [1.54, 1.807) is 13.0 Å². The van der Waals surface area contributed by atoms with Crippen molar-refractivity contribution in [3.8, 4) is 12.3 Å². The Morgan fingerprint density at radius 2 is 2.31 bits per heavy atom. The van der Waals surface area contributed by atoms with Gasteiger partial charge in [0.1, 0.15) is 0 Å². The Hall–Kier alpha value is -1.05. The van der Waals surface area contributed by atoms with Crippen LogP contribution in [0.5, 0.6) is 0 Å². The predicted octanol–water partition coefficient (Wildman–Crippen LogP) is 2.00. The lowest BCUT2D eigenvalue weighted by atomic mass is 10.0. The highest BCUT2D eigenvalue weighted by Gasteiger charge is 2.14. The fourth-order valence-corrected chi connectivity index (χ4v) is 2.08. The maximum atomic E-state index is 11.9. The molecule has 3 nitrogen and oxygen atoms in total. The van der Waals surface area contributed by atoms with Crippen molar-refractivity contribution >= 4 is 15.9 Å². The second-order valence-corrected chi connectivity index (χ2v) is 4.38. The molecule has 0 amide bonds. The molecule has 0 aromatic carbocycles. The first-order valence-electron chi connectivity index (χ1n) is 5.04. The highest BCUT2D eigenvalue weighted by Crippen LogP contribution is 2.21. The van der Waals surface area contributed by atoms with E-state index in [4.69, 9.17) is 6.42 Å². The number of nitrogens with zero attached hydrogens (tertiary/aromatic N) is 1. The van der Waals surface area contributed by atoms with Crippen molar-refractivity contribution in [3.63, 3.8) is 0 Å². The van der Waals surface area contributed by atoms with E-state index in [1.807, 2.05) is 6.92 Å². The molecule has 1 atom stereocenters. The summed E-state index contributed by atoms with van der Waals surface area (Å²) in [6.45, 7) is 3.80. The lowest BCUT2D eigenvalue weighted by molar-refractivity contribution is 0.172. The van der Waals surface area contributed by atoms with Gasteiger partial charge >= 0.3 is 0 Å². The molecule has 1 aromatic rings. The van der Waals surface area contributed by atoms with Crippen LogP contribution in [0.1, 0.15) is 30.6 Å². The number of aliphatic hydroxyl groups is 1. The van der Waals surface area contributed by atoms with E-state index in [9.17, 15) is 9.90 Å². The zero-order chi connectivity index (χ0) is 12.3. The largest absolute Gasteiger partial charge is 0.388 e. The van der Waals surface area contributed by atoms with Gasteiger partial charge in [-0.2, -0.15) is 0 Å². The zero-order valence-electron chi connectivity index (χ0n) is 9.33. The van der Waals surface area contributed by atoms with Crippen molar-refractivity contribution in [3.05, 3.63) is 32.2 Å². The van der Waals surface area contributed by atoms with Gasteiger partial charge in [0.25, 0.3) is 5.56 Å². The summed E-state index contributed by atoms with van der Waals surface area (Å²) in [5.41, 5.74) is 1.05.